The molecular formula is C17H24IN3. The quantitative estimate of drug-likeness (QED) is 0.707. The van der Waals surface area contributed by atoms with E-state index in [1.54, 1.807) is 0 Å². The molecule has 2 rings (SSSR count). The van der Waals surface area contributed by atoms with Gasteiger partial charge in [0.05, 0.1) is 6.04 Å². The summed E-state index contributed by atoms with van der Waals surface area (Å²) in [5.41, 5.74) is 2.65. The molecule has 1 aromatic carbocycles. The van der Waals surface area contributed by atoms with Gasteiger partial charge < -0.3 is 9.88 Å². The Morgan fingerprint density at radius 2 is 2.10 bits per heavy atom. The highest BCUT2D eigenvalue weighted by molar-refractivity contribution is 14.1. The summed E-state index contributed by atoms with van der Waals surface area (Å²) in [5.74, 6) is 1.12. The number of nitrogens with one attached hydrogen (secondary N) is 1. The molecule has 1 atom stereocenters. The summed E-state index contributed by atoms with van der Waals surface area (Å²) < 4.78 is 3.60. The van der Waals surface area contributed by atoms with E-state index in [2.05, 4.69) is 82.6 Å². The highest BCUT2D eigenvalue weighted by atomic mass is 127. The van der Waals surface area contributed by atoms with Gasteiger partial charge in [-0.3, -0.25) is 0 Å². The van der Waals surface area contributed by atoms with Crippen molar-refractivity contribution in [3.05, 3.63) is 51.1 Å². The van der Waals surface area contributed by atoms with E-state index < -0.39 is 0 Å². The number of aryl methyl sites for hydroxylation is 2. The van der Waals surface area contributed by atoms with E-state index in [1.807, 2.05) is 6.20 Å². The number of nitrogens with zero attached hydrogens (tertiary/aromatic N) is 2. The SMILES string of the molecule is CCCNC(c1cccc(C)c1I)c1nccn1CCC. The van der Waals surface area contributed by atoms with Crippen LogP contribution < -0.4 is 5.32 Å². The maximum atomic E-state index is 4.63. The Morgan fingerprint density at radius 3 is 2.81 bits per heavy atom. The molecule has 0 amide bonds. The Labute approximate surface area is 141 Å². The second kappa shape index (κ2) is 7.94. The van der Waals surface area contributed by atoms with Crippen LogP contribution in [0.1, 0.15) is 49.7 Å². The van der Waals surface area contributed by atoms with Crippen LogP contribution >= 0.6 is 22.6 Å². The second-order valence-electron chi connectivity index (χ2n) is 5.34. The fourth-order valence-corrected chi connectivity index (χ4v) is 3.20. The Bertz CT molecular complexity index is 577. The summed E-state index contributed by atoms with van der Waals surface area (Å²) in [6.45, 7) is 8.58. The van der Waals surface area contributed by atoms with Gasteiger partial charge in [0.2, 0.25) is 0 Å². The van der Waals surface area contributed by atoms with Crippen molar-refractivity contribution in [3.63, 3.8) is 0 Å². The van der Waals surface area contributed by atoms with Crippen LogP contribution in [0.25, 0.3) is 0 Å². The largest absolute Gasteiger partial charge is 0.333 e. The van der Waals surface area contributed by atoms with Crippen molar-refractivity contribution in [2.75, 3.05) is 6.54 Å². The first-order valence-corrected chi connectivity index (χ1v) is 8.76. The van der Waals surface area contributed by atoms with E-state index in [1.165, 1.54) is 14.7 Å². The molecule has 2 aromatic rings. The average molecular weight is 397 g/mol. The third kappa shape index (κ3) is 3.86. The van der Waals surface area contributed by atoms with Gasteiger partial charge in [-0.15, -0.1) is 0 Å². The molecule has 0 aliphatic rings. The van der Waals surface area contributed by atoms with Gasteiger partial charge in [0.25, 0.3) is 0 Å². The topological polar surface area (TPSA) is 29.9 Å². The number of benzene rings is 1. The van der Waals surface area contributed by atoms with E-state index in [-0.39, 0.29) is 6.04 Å². The van der Waals surface area contributed by atoms with Crippen LogP contribution in [0, 0.1) is 10.5 Å². The molecule has 0 saturated heterocycles. The first-order valence-electron chi connectivity index (χ1n) is 7.68. The number of hydrogen-bond donors (Lipinski definition) is 1. The molecule has 0 spiro atoms. The summed E-state index contributed by atoms with van der Waals surface area (Å²) in [5, 5.41) is 3.67. The van der Waals surface area contributed by atoms with Gasteiger partial charge in [-0.2, -0.15) is 0 Å². The number of rotatable bonds is 7. The minimum Gasteiger partial charge on any atom is -0.333 e. The molecule has 21 heavy (non-hydrogen) atoms. The standard InChI is InChI=1S/C17H24IN3/c1-4-9-19-16(14-8-6-7-13(3)15(14)18)17-20-10-12-21(17)11-5-2/h6-8,10,12,16,19H,4-5,9,11H2,1-3H3. The van der Waals surface area contributed by atoms with Gasteiger partial charge in [0.15, 0.2) is 0 Å². The lowest BCUT2D eigenvalue weighted by Crippen LogP contribution is -2.27. The number of imidazole rings is 1. The lowest BCUT2D eigenvalue weighted by Gasteiger charge is -2.22. The molecule has 1 aromatic heterocycles. The van der Waals surface area contributed by atoms with Gasteiger partial charge >= 0.3 is 0 Å². The zero-order valence-corrected chi connectivity index (χ0v) is 15.2. The number of aromatic nitrogens is 2. The van der Waals surface area contributed by atoms with Gasteiger partial charge in [0.1, 0.15) is 5.82 Å². The minimum atomic E-state index is 0.165. The van der Waals surface area contributed by atoms with Crippen LogP contribution in [0.2, 0.25) is 0 Å². The summed E-state index contributed by atoms with van der Waals surface area (Å²) in [6, 6.07) is 6.69. The van der Waals surface area contributed by atoms with Crippen LogP contribution in [0.4, 0.5) is 0 Å². The van der Waals surface area contributed by atoms with Crippen molar-refractivity contribution >= 4 is 22.6 Å². The maximum Gasteiger partial charge on any atom is 0.130 e. The van der Waals surface area contributed by atoms with Gasteiger partial charge in [-0.1, -0.05) is 32.0 Å². The minimum absolute atomic E-state index is 0.165. The predicted molar refractivity (Wildman–Crippen MR) is 96.6 cm³/mol. The summed E-state index contributed by atoms with van der Waals surface area (Å²) in [7, 11) is 0. The van der Waals surface area contributed by atoms with E-state index in [4.69, 9.17) is 0 Å². The molecule has 0 radical (unpaired) electrons. The fraction of sp³-hybridized carbons (Fsp3) is 0.471. The molecule has 4 heteroatoms. The van der Waals surface area contributed by atoms with Crippen molar-refractivity contribution in [2.24, 2.45) is 0 Å². The Kier molecular flexibility index (Phi) is 6.23. The zero-order valence-electron chi connectivity index (χ0n) is 13.1. The number of hydrogen-bond acceptors (Lipinski definition) is 2. The average Bonchev–Trinajstić information content (AvgIpc) is 2.92. The van der Waals surface area contributed by atoms with E-state index in [0.29, 0.717) is 0 Å². The molecule has 1 unspecified atom stereocenters. The molecule has 0 saturated carbocycles. The fourth-order valence-electron chi connectivity index (χ4n) is 2.53. The third-order valence-corrected chi connectivity index (χ3v) is 5.08. The molecule has 114 valence electrons. The van der Waals surface area contributed by atoms with E-state index >= 15 is 0 Å². The van der Waals surface area contributed by atoms with E-state index in [0.717, 1.165) is 31.8 Å². The molecule has 1 heterocycles. The normalized spacial score (nSPS) is 12.6. The lowest BCUT2D eigenvalue weighted by atomic mass is 10.0. The van der Waals surface area contributed by atoms with Gasteiger partial charge in [-0.25, -0.2) is 4.98 Å². The summed E-state index contributed by atoms with van der Waals surface area (Å²) in [6.07, 6.45) is 6.23. The lowest BCUT2D eigenvalue weighted by molar-refractivity contribution is 0.528. The molecular weight excluding hydrogens is 373 g/mol. The zero-order chi connectivity index (χ0) is 15.2. The summed E-state index contributed by atoms with van der Waals surface area (Å²) in [4.78, 5) is 4.63. The first kappa shape index (κ1) is 16.5. The van der Waals surface area contributed by atoms with Crippen molar-refractivity contribution in [2.45, 2.75) is 46.2 Å². The van der Waals surface area contributed by atoms with Crippen LogP contribution in [-0.2, 0) is 6.54 Å². The smallest absolute Gasteiger partial charge is 0.130 e. The highest BCUT2D eigenvalue weighted by Crippen LogP contribution is 2.27. The molecule has 0 fully saturated rings. The van der Waals surface area contributed by atoms with Crippen LogP contribution in [0.5, 0.6) is 0 Å². The molecule has 0 bridgehead atoms. The van der Waals surface area contributed by atoms with Gasteiger partial charge in [0, 0.05) is 22.5 Å². The van der Waals surface area contributed by atoms with Crippen molar-refractivity contribution < 1.29 is 0 Å². The van der Waals surface area contributed by atoms with Crippen LogP contribution in [-0.4, -0.2) is 16.1 Å². The Balaban J connectivity index is 2.42. The number of halogens is 1. The second-order valence-corrected chi connectivity index (χ2v) is 6.42. The van der Waals surface area contributed by atoms with Gasteiger partial charge in [-0.05, 0) is 60.0 Å². The predicted octanol–water partition coefficient (Wildman–Crippen LogP) is 4.30. The molecule has 1 N–H and O–H groups in total. The van der Waals surface area contributed by atoms with E-state index in [9.17, 15) is 0 Å². The molecule has 0 aliphatic carbocycles. The maximum absolute atomic E-state index is 4.63. The Hall–Kier alpha value is -0.880. The third-order valence-electron chi connectivity index (χ3n) is 3.60. The van der Waals surface area contributed by atoms with Crippen LogP contribution in [0.3, 0.4) is 0 Å². The molecule has 0 aliphatic heterocycles. The first-order chi connectivity index (χ1) is 10.2. The highest BCUT2D eigenvalue weighted by Gasteiger charge is 2.21. The van der Waals surface area contributed by atoms with Crippen molar-refractivity contribution in [1.82, 2.24) is 14.9 Å². The van der Waals surface area contributed by atoms with Crippen molar-refractivity contribution in [1.29, 1.82) is 0 Å². The molecule has 3 nitrogen and oxygen atoms in total. The Morgan fingerprint density at radius 1 is 1.29 bits per heavy atom. The van der Waals surface area contributed by atoms with Crippen molar-refractivity contribution in [3.8, 4) is 0 Å². The monoisotopic (exact) mass is 397 g/mol. The van der Waals surface area contributed by atoms with Crippen LogP contribution in [0.15, 0.2) is 30.6 Å². The summed E-state index contributed by atoms with van der Waals surface area (Å²) >= 11 is 2.45.